The van der Waals surface area contributed by atoms with Gasteiger partial charge in [-0.1, -0.05) is 43.3 Å². The fourth-order valence-corrected chi connectivity index (χ4v) is 4.14. The molecular formula is C23H28N2. The molecule has 0 saturated heterocycles. The van der Waals surface area contributed by atoms with Crippen LogP contribution in [0.15, 0.2) is 48.5 Å². The Kier molecular flexibility index (Phi) is 4.39. The maximum absolute atomic E-state index is 2.60. The first kappa shape index (κ1) is 16.4. The van der Waals surface area contributed by atoms with Gasteiger partial charge in [-0.2, -0.15) is 0 Å². The van der Waals surface area contributed by atoms with Crippen molar-refractivity contribution < 1.29 is 0 Å². The van der Waals surface area contributed by atoms with Crippen LogP contribution in [0.3, 0.4) is 0 Å². The maximum atomic E-state index is 2.60. The van der Waals surface area contributed by atoms with E-state index in [4.69, 9.17) is 0 Å². The van der Waals surface area contributed by atoms with Gasteiger partial charge in [0.15, 0.2) is 0 Å². The van der Waals surface area contributed by atoms with Gasteiger partial charge >= 0.3 is 0 Å². The number of hydrogen-bond acceptors (Lipinski definition) is 1. The quantitative estimate of drug-likeness (QED) is 0.665. The lowest BCUT2D eigenvalue weighted by atomic mass is 9.99. The van der Waals surface area contributed by atoms with Crippen molar-refractivity contribution in [2.75, 3.05) is 7.05 Å². The lowest BCUT2D eigenvalue weighted by Gasteiger charge is -2.31. The minimum atomic E-state index is 0.609. The van der Waals surface area contributed by atoms with E-state index in [-0.39, 0.29) is 0 Å². The molecule has 0 saturated carbocycles. The summed E-state index contributed by atoms with van der Waals surface area (Å²) in [5.74, 6) is 0. The van der Waals surface area contributed by atoms with Crippen LogP contribution in [-0.4, -0.2) is 22.6 Å². The Hall–Kier alpha value is -2.06. The van der Waals surface area contributed by atoms with E-state index in [2.05, 4.69) is 78.9 Å². The first-order valence-corrected chi connectivity index (χ1v) is 9.54. The molecular weight excluding hydrogens is 304 g/mol. The number of nitrogens with zero attached hydrogens (tertiary/aromatic N) is 2. The molecule has 0 fully saturated rings. The molecule has 0 spiro atoms. The van der Waals surface area contributed by atoms with Crippen molar-refractivity contribution >= 4 is 10.9 Å². The molecule has 1 aromatic heterocycles. The summed E-state index contributed by atoms with van der Waals surface area (Å²) in [6.45, 7) is 6.73. The van der Waals surface area contributed by atoms with Gasteiger partial charge in [0.25, 0.3) is 0 Å². The van der Waals surface area contributed by atoms with Gasteiger partial charge in [0.1, 0.15) is 0 Å². The predicted octanol–water partition coefficient (Wildman–Crippen LogP) is 4.82. The predicted molar refractivity (Wildman–Crippen MR) is 106 cm³/mol. The molecule has 2 aromatic carbocycles. The monoisotopic (exact) mass is 332 g/mol. The van der Waals surface area contributed by atoms with E-state index in [9.17, 15) is 0 Å². The van der Waals surface area contributed by atoms with E-state index in [1.165, 1.54) is 22.0 Å². The Morgan fingerprint density at radius 2 is 1.84 bits per heavy atom. The number of aromatic nitrogens is 1. The van der Waals surface area contributed by atoms with Gasteiger partial charge in [-0.3, -0.25) is 4.90 Å². The third kappa shape index (κ3) is 3.00. The molecule has 1 unspecified atom stereocenters. The summed E-state index contributed by atoms with van der Waals surface area (Å²) in [4.78, 5) is 2.49. The zero-order valence-corrected chi connectivity index (χ0v) is 15.6. The summed E-state index contributed by atoms with van der Waals surface area (Å²) in [6.07, 6.45) is 3.35. The standard InChI is InChI=1S/C23H28N2/c1-4-18-10-11-22-20(15-18)21-16-24(3)17(2)14-23(21)25(22)13-12-19-8-6-5-7-9-19/h5-11,15,17H,4,12-14,16H2,1-3H3. The molecule has 1 aliphatic rings. The van der Waals surface area contributed by atoms with Crippen LogP contribution >= 0.6 is 0 Å². The largest absolute Gasteiger partial charge is 0.344 e. The molecule has 0 amide bonds. The molecule has 0 radical (unpaired) electrons. The number of hydrogen-bond donors (Lipinski definition) is 0. The lowest BCUT2D eigenvalue weighted by molar-refractivity contribution is 0.228. The normalized spacial score (nSPS) is 17.8. The van der Waals surface area contributed by atoms with E-state index in [1.807, 2.05) is 0 Å². The molecule has 0 N–H and O–H groups in total. The summed E-state index contributed by atoms with van der Waals surface area (Å²) in [5.41, 5.74) is 7.39. The van der Waals surface area contributed by atoms with Crippen molar-refractivity contribution in [1.82, 2.24) is 9.47 Å². The minimum absolute atomic E-state index is 0.609. The molecule has 25 heavy (non-hydrogen) atoms. The van der Waals surface area contributed by atoms with E-state index in [1.54, 1.807) is 11.3 Å². The van der Waals surface area contributed by atoms with Gasteiger partial charge in [-0.05, 0) is 55.6 Å². The highest BCUT2D eigenvalue weighted by atomic mass is 15.1. The molecule has 2 nitrogen and oxygen atoms in total. The van der Waals surface area contributed by atoms with Crippen molar-refractivity contribution in [2.45, 2.75) is 52.2 Å². The lowest BCUT2D eigenvalue weighted by Crippen LogP contribution is -2.35. The van der Waals surface area contributed by atoms with E-state index >= 15 is 0 Å². The Labute approximate surface area is 151 Å². The molecule has 3 aromatic rings. The van der Waals surface area contributed by atoms with Gasteiger partial charge in [0.2, 0.25) is 0 Å². The topological polar surface area (TPSA) is 8.17 Å². The molecule has 130 valence electrons. The second kappa shape index (κ2) is 6.68. The average Bonchev–Trinajstić information content (AvgIpc) is 2.93. The second-order valence-corrected chi connectivity index (χ2v) is 7.49. The number of fused-ring (bicyclic) bond motifs is 3. The third-order valence-electron chi connectivity index (χ3n) is 5.87. The van der Waals surface area contributed by atoms with Crippen LogP contribution in [0, 0.1) is 0 Å². The van der Waals surface area contributed by atoms with Gasteiger partial charge in [-0.15, -0.1) is 0 Å². The first-order valence-electron chi connectivity index (χ1n) is 9.54. The summed E-state index contributed by atoms with van der Waals surface area (Å²) in [6, 6.07) is 18.6. The Balaban J connectivity index is 1.78. The van der Waals surface area contributed by atoms with Crippen LogP contribution in [0.2, 0.25) is 0 Å². The molecule has 0 bridgehead atoms. The average molecular weight is 332 g/mol. The van der Waals surface area contributed by atoms with Crippen LogP contribution in [-0.2, 0) is 32.4 Å². The first-order chi connectivity index (χ1) is 12.2. The molecule has 4 rings (SSSR count). The molecule has 1 aliphatic heterocycles. The highest BCUT2D eigenvalue weighted by Gasteiger charge is 2.26. The Morgan fingerprint density at radius 1 is 1.04 bits per heavy atom. The van der Waals surface area contributed by atoms with Crippen LogP contribution in [0.4, 0.5) is 0 Å². The maximum Gasteiger partial charge on any atom is 0.0486 e. The number of aryl methyl sites for hydroxylation is 3. The fraction of sp³-hybridized carbons (Fsp3) is 0.391. The minimum Gasteiger partial charge on any atom is -0.344 e. The zero-order valence-electron chi connectivity index (χ0n) is 15.6. The smallest absolute Gasteiger partial charge is 0.0486 e. The van der Waals surface area contributed by atoms with E-state index < -0.39 is 0 Å². The van der Waals surface area contributed by atoms with Crippen molar-refractivity contribution in [3.05, 3.63) is 70.9 Å². The number of rotatable bonds is 4. The van der Waals surface area contributed by atoms with E-state index in [0.29, 0.717) is 6.04 Å². The number of likely N-dealkylation sites (N-methyl/N-ethyl adjacent to an activating group) is 1. The molecule has 2 heterocycles. The van der Waals surface area contributed by atoms with Crippen LogP contribution in [0.25, 0.3) is 10.9 Å². The van der Waals surface area contributed by atoms with Crippen molar-refractivity contribution in [2.24, 2.45) is 0 Å². The van der Waals surface area contributed by atoms with E-state index in [0.717, 1.165) is 32.4 Å². The zero-order chi connectivity index (χ0) is 17.4. The second-order valence-electron chi connectivity index (χ2n) is 7.49. The summed E-state index contributed by atoms with van der Waals surface area (Å²) < 4.78 is 2.60. The molecule has 1 atom stereocenters. The van der Waals surface area contributed by atoms with Crippen LogP contribution in [0.1, 0.15) is 36.2 Å². The van der Waals surface area contributed by atoms with Crippen molar-refractivity contribution in [3.8, 4) is 0 Å². The van der Waals surface area contributed by atoms with Crippen LogP contribution in [0.5, 0.6) is 0 Å². The Morgan fingerprint density at radius 3 is 2.60 bits per heavy atom. The van der Waals surface area contributed by atoms with Crippen molar-refractivity contribution in [3.63, 3.8) is 0 Å². The van der Waals surface area contributed by atoms with Gasteiger partial charge < -0.3 is 4.57 Å². The summed E-state index contributed by atoms with van der Waals surface area (Å²) in [7, 11) is 2.25. The highest BCUT2D eigenvalue weighted by molar-refractivity contribution is 5.86. The molecule has 2 heteroatoms. The Bertz CT molecular complexity index is 876. The number of benzene rings is 2. The van der Waals surface area contributed by atoms with Gasteiger partial charge in [-0.25, -0.2) is 0 Å². The summed E-state index contributed by atoms with van der Waals surface area (Å²) in [5, 5.41) is 1.47. The van der Waals surface area contributed by atoms with Crippen LogP contribution < -0.4 is 0 Å². The fourth-order valence-electron chi connectivity index (χ4n) is 4.14. The van der Waals surface area contributed by atoms with Gasteiger partial charge in [0.05, 0.1) is 0 Å². The van der Waals surface area contributed by atoms with Gasteiger partial charge in [0, 0.05) is 42.1 Å². The SMILES string of the molecule is CCc1ccc2c(c1)c1c(n2CCc2ccccc2)CC(C)N(C)C1. The van der Waals surface area contributed by atoms with Crippen molar-refractivity contribution in [1.29, 1.82) is 0 Å². The highest BCUT2D eigenvalue weighted by Crippen LogP contribution is 2.33. The summed E-state index contributed by atoms with van der Waals surface area (Å²) >= 11 is 0. The molecule has 0 aliphatic carbocycles. The third-order valence-corrected chi connectivity index (χ3v) is 5.87.